The van der Waals surface area contributed by atoms with Crippen molar-refractivity contribution in [2.24, 2.45) is 0 Å². The molecule has 5 nitrogen and oxygen atoms in total. The first kappa shape index (κ1) is 17.4. The summed E-state index contributed by atoms with van der Waals surface area (Å²) in [4.78, 5) is 13.0. The van der Waals surface area contributed by atoms with Gasteiger partial charge < -0.3 is 9.30 Å². The van der Waals surface area contributed by atoms with E-state index < -0.39 is 0 Å². The molecule has 0 radical (unpaired) electrons. The fourth-order valence-corrected chi connectivity index (χ4v) is 3.41. The second-order valence-corrected chi connectivity index (χ2v) is 6.72. The number of hydrogen-bond acceptors (Lipinski definition) is 4. The zero-order valence-electron chi connectivity index (χ0n) is 15.2. The van der Waals surface area contributed by atoms with E-state index in [-0.39, 0.29) is 11.3 Å². The number of hydrogen-bond donors (Lipinski definition) is 0. The van der Waals surface area contributed by atoms with Crippen LogP contribution in [-0.4, -0.2) is 19.5 Å². The van der Waals surface area contributed by atoms with Crippen LogP contribution in [0.4, 0.5) is 0 Å². The van der Waals surface area contributed by atoms with Gasteiger partial charge in [0.05, 0.1) is 11.2 Å². The molecular formula is C23H15ClN4O. The Balaban J connectivity index is 1.68. The topological polar surface area (TPSA) is 52.8 Å². The molecule has 0 N–H and O–H groups in total. The molecule has 0 aliphatic heterocycles. The molecule has 0 atom stereocenters. The van der Waals surface area contributed by atoms with Gasteiger partial charge >= 0.3 is 6.01 Å². The van der Waals surface area contributed by atoms with E-state index in [0.29, 0.717) is 11.6 Å². The zero-order chi connectivity index (χ0) is 19.6. The van der Waals surface area contributed by atoms with Gasteiger partial charge in [0.2, 0.25) is 5.28 Å². The smallest absolute Gasteiger partial charge is 0.326 e. The molecule has 2 aromatic heterocycles. The Labute approximate surface area is 172 Å². The van der Waals surface area contributed by atoms with Crippen molar-refractivity contribution in [2.45, 2.75) is 0 Å². The zero-order valence-corrected chi connectivity index (χ0v) is 16.0. The van der Waals surface area contributed by atoms with Crippen LogP contribution in [0.3, 0.4) is 0 Å². The Hall–Kier alpha value is -3.70. The van der Waals surface area contributed by atoms with Gasteiger partial charge in [0.15, 0.2) is 5.82 Å². The standard InChI is InChI=1S/C23H15ClN4O/c24-22-25-21(26-23(27-22)29-18-12-5-2-6-13-18)20-15-16-9-7-8-14-19(16)28(20)17-10-3-1-4-11-17/h1-15H. The lowest BCUT2D eigenvalue weighted by Crippen LogP contribution is -2.02. The van der Waals surface area contributed by atoms with Crippen LogP contribution in [0, 0.1) is 0 Å². The van der Waals surface area contributed by atoms with Crippen molar-refractivity contribution in [2.75, 3.05) is 0 Å². The summed E-state index contributed by atoms with van der Waals surface area (Å²) in [5, 5.41) is 1.15. The van der Waals surface area contributed by atoms with Crippen LogP contribution in [0.2, 0.25) is 5.28 Å². The quantitative estimate of drug-likeness (QED) is 0.376. The number of para-hydroxylation sites is 3. The number of nitrogens with zero attached hydrogens (tertiary/aromatic N) is 4. The lowest BCUT2D eigenvalue weighted by molar-refractivity contribution is 0.440. The minimum Gasteiger partial charge on any atom is -0.424 e. The Bertz CT molecular complexity index is 1290. The van der Waals surface area contributed by atoms with E-state index in [1.807, 2.05) is 78.9 Å². The highest BCUT2D eigenvalue weighted by Crippen LogP contribution is 2.31. The highest BCUT2D eigenvalue weighted by atomic mass is 35.5. The molecule has 0 fully saturated rings. The van der Waals surface area contributed by atoms with E-state index in [9.17, 15) is 0 Å². The molecule has 0 aliphatic rings. The van der Waals surface area contributed by atoms with E-state index in [1.54, 1.807) is 0 Å². The Morgan fingerprint density at radius 1 is 0.724 bits per heavy atom. The van der Waals surface area contributed by atoms with Crippen molar-refractivity contribution in [1.29, 1.82) is 0 Å². The summed E-state index contributed by atoms with van der Waals surface area (Å²) in [5.41, 5.74) is 2.86. The first-order valence-corrected chi connectivity index (χ1v) is 9.46. The molecule has 0 spiro atoms. The number of aromatic nitrogens is 4. The molecule has 5 rings (SSSR count). The van der Waals surface area contributed by atoms with Gasteiger partial charge in [0, 0.05) is 11.1 Å². The number of rotatable bonds is 4. The normalized spacial score (nSPS) is 10.9. The molecule has 140 valence electrons. The Kier molecular flexibility index (Phi) is 4.42. The highest BCUT2D eigenvalue weighted by Gasteiger charge is 2.17. The van der Waals surface area contributed by atoms with Crippen molar-refractivity contribution >= 4 is 22.5 Å². The van der Waals surface area contributed by atoms with Crippen LogP contribution in [0.15, 0.2) is 91.0 Å². The first-order chi connectivity index (χ1) is 14.3. The molecule has 0 unspecified atom stereocenters. The van der Waals surface area contributed by atoms with Gasteiger partial charge in [0.1, 0.15) is 5.75 Å². The maximum atomic E-state index is 6.21. The number of fused-ring (bicyclic) bond motifs is 1. The minimum absolute atomic E-state index is 0.0748. The van der Waals surface area contributed by atoms with Crippen LogP contribution in [-0.2, 0) is 0 Å². The van der Waals surface area contributed by atoms with E-state index in [1.165, 1.54) is 0 Å². The second-order valence-electron chi connectivity index (χ2n) is 6.39. The van der Waals surface area contributed by atoms with E-state index in [0.717, 1.165) is 22.3 Å². The van der Waals surface area contributed by atoms with Crippen molar-refractivity contribution in [1.82, 2.24) is 19.5 Å². The van der Waals surface area contributed by atoms with Crippen LogP contribution < -0.4 is 4.74 Å². The first-order valence-electron chi connectivity index (χ1n) is 9.09. The van der Waals surface area contributed by atoms with Gasteiger partial charge in [-0.05, 0) is 48.0 Å². The molecule has 0 saturated heterocycles. The third kappa shape index (κ3) is 3.44. The van der Waals surface area contributed by atoms with Crippen LogP contribution >= 0.6 is 11.6 Å². The Morgan fingerprint density at radius 2 is 1.41 bits per heavy atom. The van der Waals surface area contributed by atoms with Crippen molar-refractivity contribution < 1.29 is 4.74 Å². The molecular weight excluding hydrogens is 384 g/mol. The maximum Gasteiger partial charge on any atom is 0.326 e. The van der Waals surface area contributed by atoms with Gasteiger partial charge in [-0.25, -0.2) is 0 Å². The van der Waals surface area contributed by atoms with Gasteiger partial charge in [-0.1, -0.05) is 54.6 Å². The molecule has 6 heteroatoms. The maximum absolute atomic E-state index is 6.21. The lowest BCUT2D eigenvalue weighted by atomic mass is 10.2. The van der Waals surface area contributed by atoms with E-state index >= 15 is 0 Å². The Morgan fingerprint density at radius 3 is 2.21 bits per heavy atom. The summed E-state index contributed by atoms with van der Waals surface area (Å²) in [6, 6.07) is 29.7. The fraction of sp³-hybridized carbons (Fsp3) is 0. The number of halogens is 1. The van der Waals surface area contributed by atoms with E-state index in [4.69, 9.17) is 16.3 Å². The predicted molar refractivity (Wildman–Crippen MR) is 114 cm³/mol. The molecule has 5 aromatic rings. The van der Waals surface area contributed by atoms with Gasteiger partial charge in [-0.3, -0.25) is 0 Å². The third-order valence-electron chi connectivity index (χ3n) is 4.49. The van der Waals surface area contributed by atoms with Gasteiger partial charge in [-0.2, -0.15) is 15.0 Å². The van der Waals surface area contributed by atoms with Gasteiger partial charge in [-0.15, -0.1) is 0 Å². The monoisotopic (exact) mass is 398 g/mol. The van der Waals surface area contributed by atoms with Crippen LogP contribution in [0.1, 0.15) is 0 Å². The highest BCUT2D eigenvalue weighted by molar-refractivity contribution is 6.28. The summed E-state index contributed by atoms with van der Waals surface area (Å²) >= 11 is 6.21. The summed E-state index contributed by atoms with van der Waals surface area (Å²) < 4.78 is 7.89. The average Bonchev–Trinajstić information content (AvgIpc) is 3.14. The molecule has 0 amide bonds. The fourth-order valence-electron chi connectivity index (χ4n) is 3.26. The third-order valence-corrected chi connectivity index (χ3v) is 4.66. The van der Waals surface area contributed by atoms with Crippen molar-refractivity contribution in [3.8, 4) is 29.0 Å². The van der Waals surface area contributed by atoms with Gasteiger partial charge in [0.25, 0.3) is 0 Å². The van der Waals surface area contributed by atoms with E-state index in [2.05, 4.69) is 31.7 Å². The lowest BCUT2D eigenvalue weighted by Gasteiger charge is -2.11. The van der Waals surface area contributed by atoms with Crippen molar-refractivity contribution in [3.05, 3.63) is 96.3 Å². The van der Waals surface area contributed by atoms with Crippen LogP contribution in [0.5, 0.6) is 11.8 Å². The summed E-state index contributed by atoms with van der Waals surface area (Å²) in [6.45, 7) is 0. The largest absolute Gasteiger partial charge is 0.424 e. The molecule has 3 aromatic carbocycles. The van der Waals surface area contributed by atoms with Crippen molar-refractivity contribution in [3.63, 3.8) is 0 Å². The minimum atomic E-state index is 0.0748. The molecule has 0 saturated carbocycles. The summed E-state index contributed by atoms with van der Waals surface area (Å²) in [5.74, 6) is 1.07. The molecule has 0 aliphatic carbocycles. The average molecular weight is 399 g/mol. The van der Waals surface area contributed by atoms with Crippen LogP contribution in [0.25, 0.3) is 28.1 Å². The summed E-state index contributed by atoms with van der Waals surface area (Å²) in [7, 11) is 0. The molecule has 0 bridgehead atoms. The predicted octanol–water partition coefficient (Wildman–Crippen LogP) is 5.93. The second kappa shape index (κ2) is 7.37. The number of benzene rings is 3. The summed E-state index contributed by atoms with van der Waals surface area (Å²) in [6.07, 6.45) is 0. The number of ether oxygens (including phenoxy) is 1. The SMILES string of the molecule is Clc1nc(Oc2ccccc2)nc(-c2cc3ccccc3n2-c2ccccc2)n1. The molecule has 2 heterocycles. The molecule has 29 heavy (non-hydrogen) atoms.